The Bertz CT molecular complexity index is 653. The van der Waals surface area contributed by atoms with E-state index in [0.717, 1.165) is 23.3 Å². The highest BCUT2D eigenvalue weighted by molar-refractivity contribution is 7.99. The first kappa shape index (κ1) is 19.4. The van der Waals surface area contributed by atoms with E-state index in [4.69, 9.17) is 4.74 Å². The van der Waals surface area contributed by atoms with Gasteiger partial charge in [-0.05, 0) is 30.5 Å². The second-order valence-electron chi connectivity index (χ2n) is 6.25. The van der Waals surface area contributed by atoms with Crippen molar-refractivity contribution in [2.24, 2.45) is 0 Å². The minimum Gasteiger partial charge on any atom is -0.466 e. The number of allylic oxidation sites excluding steroid dienone is 1. The fourth-order valence-electron chi connectivity index (χ4n) is 2.78. The lowest BCUT2D eigenvalue weighted by Crippen LogP contribution is -2.45. The Morgan fingerprint density at radius 2 is 1.96 bits per heavy atom. The molecule has 1 atom stereocenters. The van der Waals surface area contributed by atoms with Gasteiger partial charge in [-0.3, -0.25) is 0 Å². The van der Waals surface area contributed by atoms with E-state index in [2.05, 4.69) is 31.4 Å². The van der Waals surface area contributed by atoms with Crippen molar-refractivity contribution in [2.45, 2.75) is 56.2 Å². The standard InChI is InChI=1S/C19H26N2O3S/c1-5-6-7-15-16(18(22)24-4)17(21-19(23)20-15)13-8-10-14(11-9-13)25-12(2)3/h8-12,17H,5-7H2,1-4H3,(H2,20,21,23). The van der Waals surface area contributed by atoms with Crippen LogP contribution in [0.15, 0.2) is 40.4 Å². The van der Waals surface area contributed by atoms with Gasteiger partial charge in [0.1, 0.15) is 0 Å². The van der Waals surface area contributed by atoms with Crippen LogP contribution < -0.4 is 10.6 Å². The summed E-state index contributed by atoms with van der Waals surface area (Å²) in [6.45, 7) is 6.36. The number of hydrogen-bond donors (Lipinski definition) is 2. The van der Waals surface area contributed by atoms with Gasteiger partial charge in [-0.25, -0.2) is 9.59 Å². The first-order valence-electron chi connectivity index (χ1n) is 8.61. The number of carbonyl (C=O) groups is 2. The lowest BCUT2D eigenvalue weighted by atomic mass is 9.93. The van der Waals surface area contributed by atoms with Crippen LogP contribution in [0.2, 0.25) is 0 Å². The van der Waals surface area contributed by atoms with Crippen LogP contribution in [0.4, 0.5) is 4.79 Å². The zero-order chi connectivity index (χ0) is 18.4. The van der Waals surface area contributed by atoms with Crippen molar-refractivity contribution in [3.8, 4) is 0 Å². The van der Waals surface area contributed by atoms with Crippen LogP contribution in [-0.2, 0) is 9.53 Å². The molecule has 0 aromatic heterocycles. The number of nitrogens with one attached hydrogen (secondary N) is 2. The molecule has 0 bridgehead atoms. The second kappa shape index (κ2) is 8.94. The normalized spacial score (nSPS) is 17.3. The quantitative estimate of drug-likeness (QED) is 0.565. The van der Waals surface area contributed by atoms with Crippen LogP contribution in [-0.4, -0.2) is 24.4 Å². The molecular weight excluding hydrogens is 336 g/mol. The van der Waals surface area contributed by atoms with E-state index < -0.39 is 12.0 Å². The average Bonchev–Trinajstić information content (AvgIpc) is 2.59. The van der Waals surface area contributed by atoms with Crippen LogP contribution in [0.3, 0.4) is 0 Å². The minimum atomic E-state index is -0.494. The van der Waals surface area contributed by atoms with Gasteiger partial charge in [0.15, 0.2) is 0 Å². The summed E-state index contributed by atoms with van der Waals surface area (Å²) in [5.74, 6) is -0.413. The highest BCUT2D eigenvalue weighted by Gasteiger charge is 2.33. The first-order valence-corrected chi connectivity index (χ1v) is 9.49. The first-order chi connectivity index (χ1) is 12.0. The van der Waals surface area contributed by atoms with Crippen LogP contribution in [0.5, 0.6) is 0 Å². The molecule has 2 rings (SSSR count). The SMILES string of the molecule is CCCCC1=C(C(=O)OC)C(c2ccc(SC(C)C)cc2)NC(=O)N1. The number of thioether (sulfide) groups is 1. The number of hydrogen-bond acceptors (Lipinski definition) is 4. The molecule has 0 fully saturated rings. The number of carbonyl (C=O) groups excluding carboxylic acids is 2. The van der Waals surface area contributed by atoms with E-state index in [1.54, 1.807) is 11.8 Å². The molecule has 0 radical (unpaired) electrons. The summed E-state index contributed by atoms with van der Waals surface area (Å²) in [6.07, 6.45) is 2.52. The maximum atomic E-state index is 12.4. The van der Waals surface area contributed by atoms with Gasteiger partial charge in [-0.2, -0.15) is 0 Å². The predicted molar refractivity (Wildman–Crippen MR) is 100 cm³/mol. The predicted octanol–water partition coefficient (Wildman–Crippen LogP) is 4.16. The van der Waals surface area contributed by atoms with Crippen LogP contribution >= 0.6 is 11.8 Å². The van der Waals surface area contributed by atoms with Crippen LogP contribution in [0, 0.1) is 0 Å². The van der Waals surface area contributed by atoms with Crippen molar-refractivity contribution in [1.29, 1.82) is 0 Å². The van der Waals surface area contributed by atoms with Crippen molar-refractivity contribution in [1.82, 2.24) is 10.6 Å². The van der Waals surface area contributed by atoms with E-state index in [1.165, 1.54) is 7.11 Å². The van der Waals surface area contributed by atoms with Gasteiger partial charge >= 0.3 is 12.0 Å². The largest absolute Gasteiger partial charge is 0.466 e. The molecule has 1 heterocycles. The summed E-state index contributed by atoms with van der Waals surface area (Å²) in [6, 6.07) is 7.18. The number of esters is 1. The minimum absolute atomic E-state index is 0.288. The Labute approximate surface area is 153 Å². The van der Waals surface area contributed by atoms with E-state index in [9.17, 15) is 9.59 Å². The third-order valence-corrected chi connectivity index (χ3v) is 4.94. The maximum Gasteiger partial charge on any atom is 0.337 e. The van der Waals surface area contributed by atoms with Crippen molar-refractivity contribution < 1.29 is 14.3 Å². The topological polar surface area (TPSA) is 67.4 Å². The summed E-state index contributed by atoms with van der Waals surface area (Å²) >= 11 is 1.77. The van der Waals surface area contributed by atoms with Gasteiger partial charge in [0.2, 0.25) is 0 Å². The van der Waals surface area contributed by atoms with Gasteiger partial charge < -0.3 is 15.4 Å². The number of methoxy groups -OCH3 is 1. The summed E-state index contributed by atoms with van der Waals surface area (Å²) in [4.78, 5) is 25.6. The molecule has 0 saturated carbocycles. The van der Waals surface area contributed by atoms with Crippen LogP contribution in [0.1, 0.15) is 51.6 Å². The van der Waals surface area contributed by atoms with E-state index in [0.29, 0.717) is 22.9 Å². The number of unbranched alkanes of at least 4 members (excludes halogenated alkanes) is 1. The zero-order valence-corrected chi connectivity index (χ0v) is 16.0. The molecule has 2 amide bonds. The zero-order valence-electron chi connectivity index (χ0n) is 15.2. The number of amides is 2. The molecule has 1 aromatic rings. The van der Waals surface area contributed by atoms with E-state index in [-0.39, 0.29) is 6.03 Å². The maximum absolute atomic E-state index is 12.4. The Hall–Kier alpha value is -1.95. The third-order valence-electron chi connectivity index (χ3n) is 3.92. The van der Waals surface area contributed by atoms with Gasteiger partial charge in [0, 0.05) is 15.8 Å². The summed E-state index contributed by atoms with van der Waals surface area (Å²) in [5, 5.41) is 6.12. The molecule has 2 N–H and O–H groups in total. The lowest BCUT2D eigenvalue weighted by Gasteiger charge is -2.29. The molecule has 6 heteroatoms. The Kier molecular flexibility index (Phi) is 6.93. The highest BCUT2D eigenvalue weighted by Crippen LogP contribution is 2.31. The molecule has 1 aromatic carbocycles. The van der Waals surface area contributed by atoms with E-state index >= 15 is 0 Å². The molecule has 0 saturated heterocycles. The summed E-state index contributed by atoms with van der Waals surface area (Å²) in [7, 11) is 1.36. The Morgan fingerprint density at radius 3 is 2.52 bits per heavy atom. The molecule has 1 aliphatic heterocycles. The number of urea groups is 1. The van der Waals surface area contributed by atoms with Gasteiger partial charge in [-0.1, -0.05) is 39.3 Å². The van der Waals surface area contributed by atoms with Gasteiger partial charge in [-0.15, -0.1) is 11.8 Å². The Balaban J connectivity index is 2.37. The molecule has 0 aliphatic carbocycles. The van der Waals surface area contributed by atoms with Crippen molar-refractivity contribution in [2.75, 3.05) is 7.11 Å². The molecular formula is C19H26N2O3S. The smallest absolute Gasteiger partial charge is 0.337 e. The van der Waals surface area contributed by atoms with Crippen LogP contribution in [0.25, 0.3) is 0 Å². The average molecular weight is 362 g/mol. The van der Waals surface area contributed by atoms with Crippen molar-refractivity contribution >= 4 is 23.8 Å². The summed E-state index contributed by atoms with van der Waals surface area (Å²) < 4.78 is 4.97. The second-order valence-corrected chi connectivity index (χ2v) is 7.90. The fraction of sp³-hybridized carbons (Fsp3) is 0.474. The molecule has 5 nitrogen and oxygen atoms in total. The summed E-state index contributed by atoms with van der Waals surface area (Å²) in [5.41, 5.74) is 2.01. The molecule has 1 unspecified atom stereocenters. The molecule has 0 spiro atoms. The van der Waals surface area contributed by atoms with E-state index in [1.807, 2.05) is 24.3 Å². The Morgan fingerprint density at radius 1 is 1.28 bits per heavy atom. The van der Waals surface area contributed by atoms with Gasteiger partial charge in [0.25, 0.3) is 0 Å². The third kappa shape index (κ3) is 5.01. The lowest BCUT2D eigenvalue weighted by molar-refractivity contribution is -0.136. The van der Waals surface area contributed by atoms with Gasteiger partial charge in [0.05, 0.1) is 18.7 Å². The molecule has 136 valence electrons. The number of ether oxygens (including phenoxy) is 1. The monoisotopic (exact) mass is 362 g/mol. The fourth-order valence-corrected chi connectivity index (χ4v) is 3.62. The number of rotatable bonds is 7. The molecule has 25 heavy (non-hydrogen) atoms. The highest BCUT2D eigenvalue weighted by atomic mass is 32.2. The van der Waals surface area contributed by atoms with Crippen molar-refractivity contribution in [3.63, 3.8) is 0 Å². The molecule has 1 aliphatic rings. The van der Waals surface area contributed by atoms with Crippen molar-refractivity contribution in [3.05, 3.63) is 41.1 Å². The number of benzene rings is 1.